The van der Waals surface area contributed by atoms with Gasteiger partial charge in [0.05, 0.1) is 5.56 Å². The van der Waals surface area contributed by atoms with E-state index in [2.05, 4.69) is 42.3 Å². The van der Waals surface area contributed by atoms with Gasteiger partial charge in [-0.1, -0.05) is 38.1 Å². The van der Waals surface area contributed by atoms with Gasteiger partial charge in [0, 0.05) is 39.0 Å². The zero-order chi connectivity index (χ0) is 21.7. The number of carbonyl (C=O) groups excluding carboxylic acids is 2. The maximum absolute atomic E-state index is 12.4. The fourth-order valence-corrected chi connectivity index (χ4v) is 4.58. The molecule has 0 saturated carbocycles. The number of ketones is 1. The first-order valence-electron chi connectivity index (χ1n) is 11.0. The van der Waals surface area contributed by atoms with E-state index in [-0.39, 0.29) is 11.7 Å². The van der Waals surface area contributed by atoms with Crippen LogP contribution in [0.15, 0.2) is 34.7 Å². The van der Waals surface area contributed by atoms with Gasteiger partial charge in [0.2, 0.25) is 5.91 Å². The van der Waals surface area contributed by atoms with E-state index in [0.29, 0.717) is 36.5 Å². The number of benzene rings is 1. The van der Waals surface area contributed by atoms with E-state index in [1.165, 1.54) is 24.5 Å². The van der Waals surface area contributed by atoms with Crippen molar-refractivity contribution >= 4 is 11.7 Å². The molecule has 0 bridgehead atoms. The minimum atomic E-state index is -0.0129. The minimum Gasteiger partial charge on any atom is -0.466 e. The molecular formula is C25H34N2O3. The molecule has 0 aliphatic carbocycles. The van der Waals surface area contributed by atoms with Crippen LogP contribution in [-0.4, -0.2) is 29.7 Å². The Bertz CT molecular complexity index is 876. The Labute approximate surface area is 179 Å². The van der Waals surface area contributed by atoms with Crippen molar-refractivity contribution in [2.45, 2.75) is 60.0 Å². The lowest BCUT2D eigenvalue weighted by atomic mass is 9.91. The van der Waals surface area contributed by atoms with Crippen molar-refractivity contribution in [3.8, 4) is 0 Å². The number of rotatable bonds is 8. The molecule has 5 nitrogen and oxygen atoms in total. The van der Waals surface area contributed by atoms with E-state index in [0.717, 1.165) is 31.5 Å². The van der Waals surface area contributed by atoms with E-state index >= 15 is 0 Å². The highest BCUT2D eigenvalue weighted by Crippen LogP contribution is 2.23. The van der Waals surface area contributed by atoms with Crippen LogP contribution in [0.25, 0.3) is 0 Å². The van der Waals surface area contributed by atoms with Crippen molar-refractivity contribution < 1.29 is 14.0 Å². The van der Waals surface area contributed by atoms with Gasteiger partial charge in [0.1, 0.15) is 11.5 Å². The first-order valence-corrected chi connectivity index (χ1v) is 11.0. The van der Waals surface area contributed by atoms with Crippen molar-refractivity contribution in [3.63, 3.8) is 0 Å². The third kappa shape index (κ3) is 6.05. The average Bonchev–Trinajstić information content (AvgIpc) is 3.06. The molecule has 30 heavy (non-hydrogen) atoms. The number of nitrogens with zero attached hydrogens (tertiary/aromatic N) is 1. The maximum atomic E-state index is 12.4. The zero-order valence-electron chi connectivity index (χ0n) is 18.7. The number of likely N-dealkylation sites (tertiary alicyclic amines) is 1. The van der Waals surface area contributed by atoms with Crippen LogP contribution in [0, 0.1) is 18.8 Å². The Morgan fingerprint density at radius 2 is 1.80 bits per heavy atom. The summed E-state index contributed by atoms with van der Waals surface area (Å²) in [5, 5.41) is 3.04. The Morgan fingerprint density at radius 1 is 1.13 bits per heavy atom. The fraction of sp³-hybridized carbons (Fsp3) is 0.520. The summed E-state index contributed by atoms with van der Waals surface area (Å²) in [6.45, 7) is 11.7. The van der Waals surface area contributed by atoms with E-state index in [4.69, 9.17) is 4.42 Å². The molecule has 2 atom stereocenters. The number of hydrogen-bond donors (Lipinski definition) is 1. The summed E-state index contributed by atoms with van der Waals surface area (Å²) >= 11 is 0. The highest BCUT2D eigenvalue weighted by Gasteiger charge is 2.22. The predicted octanol–water partition coefficient (Wildman–Crippen LogP) is 4.52. The summed E-state index contributed by atoms with van der Waals surface area (Å²) in [6.07, 6.45) is 2.14. The molecule has 2 unspecified atom stereocenters. The molecule has 1 aliphatic rings. The second kappa shape index (κ2) is 10.1. The largest absolute Gasteiger partial charge is 0.466 e. The van der Waals surface area contributed by atoms with E-state index < -0.39 is 0 Å². The van der Waals surface area contributed by atoms with Crippen molar-refractivity contribution in [1.82, 2.24) is 10.2 Å². The Balaban J connectivity index is 1.52. The van der Waals surface area contributed by atoms with Crippen molar-refractivity contribution in [1.29, 1.82) is 0 Å². The van der Waals surface area contributed by atoms with Gasteiger partial charge in [-0.25, -0.2) is 0 Å². The SMILES string of the molecule is CC(=O)c1cc(CCC(=O)NCc2ccccc2CN2CC(C)CC(C)C2)oc1C. The third-order valence-corrected chi connectivity index (χ3v) is 5.88. The number of nitrogens with one attached hydrogen (secondary N) is 1. The number of piperidine rings is 1. The topological polar surface area (TPSA) is 62.6 Å². The van der Waals surface area contributed by atoms with Gasteiger partial charge in [-0.2, -0.15) is 0 Å². The first-order chi connectivity index (χ1) is 14.3. The number of carbonyl (C=O) groups is 2. The molecule has 3 rings (SSSR count). The van der Waals surface area contributed by atoms with Crippen LogP contribution in [0.5, 0.6) is 0 Å². The highest BCUT2D eigenvalue weighted by molar-refractivity contribution is 5.95. The molecule has 1 aromatic heterocycles. The lowest BCUT2D eigenvalue weighted by Crippen LogP contribution is -2.38. The van der Waals surface area contributed by atoms with Gasteiger partial charge in [-0.3, -0.25) is 14.5 Å². The molecule has 1 aliphatic heterocycles. The average molecular weight is 411 g/mol. The van der Waals surface area contributed by atoms with Crippen LogP contribution in [0.1, 0.15) is 66.6 Å². The Kier molecular flexibility index (Phi) is 7.48. The maximum Gasteiger partial charge on any atom is 0.220 e. The molecule has 2 heterocycles. The van der Waals surface area contributed by atoms with Crippen LogP contribution in [0.3, 0.4) is 0 Å². The highest BCUT2D eigenvalue weighted by atomic mass is 16.3. The van der Waals surface area contributed by atoms with Crippen molar-refractivity contribution in [3.05, 3.63) is 58.5 Å². The summed E-state index contributed by atoms with van der Waals surface area (Å²) in [7, 11) is 0. The van der Waals surface area contributed by atoms with E-state index in [1.807, 2.05) is 6.07 Å². The van der Waals surface area contributed by atoms with Gasteiger partial charge >= 0.3 is 0 Å². The second-order valence-electron chi connectivity index (χ2n) is 8.92. The molecule has 0 radical (unpaired) electrons. The standard InChI is InChI=1S/C25H34N2O3/c1-17-11-18(2)15-27(14-17)16-22-8-6-5-7-21(22)13-26-25(29)10-9-23-12-24(19(3)28)20(4)30-23/h5-8,12,17-18H,9-11,13-16H2,1-4H3,(H,26,29). The first kappa shape index (κ1) is 22.3. The van der Waals surface area contributed by atoms with Crippen LogP contribution in [-0.2, 0) is 24.3 Å². The summed E-state index contributed by atoms with van der Waals surface area (Å²) < 4.78 is 5.60. The van der Waals surface area contributed by atoms with Gasteiger partial charge < -0.3 is 9.73 Å². The lowest BCUT2D eigenvalue weighted by molar-refractivity contribution is -0.121. The predicted molar refractivity (Wildman–Crippen MR) is 118 cm³/mol. The number of amides is 1. The van der Waals surface area contributed by atoms with Crippen LogP contribution < -0.4 is 5.32 Å². The fourth-order valence-electron chi connectivity index (χ4n) is 4.58. The Hall–Kier alpha value is -2.40. The normalized spacial score (nSPS) is 19.6. The molecule has 1 saturated heterocycles. The number of furan rings is 1. The third-order valence-electron chi connectivity index (χ3n) is 5.88. The zero-order valence-corrected chi connectivity index (χ0v) is 18.7. The monoisotopic (exact) mass is 410 g/mol. The van der Waals surface area contributed by atoms with Crippen LogP contribution >= 0.6 is 0 Å². The van der Waals surface area contributed by atoms with Gasteiger partial charge in [0.25, 0.3) is 0 Å². The van der Waals surface area contributed by atoms with Gasteiger partial charge in [-0.15, -0.1) is 0 Å². The molecule has 5 heteroatoms. The smallest absolute Gasteiger partial charge is 0.220 e. The van der Waals surface area contributed by atoms with E-state index in [1.54, 1.807) is 13.0 Å². The molecule has 1 N–H and O–H groups in total. The van der Waals surface area contributed by atoms with Gasteiger partial charge in [-0.05, 0) is 49.3 Å². The quantitative estimate of drug-likeness (QED) is 0.650. The lowest BCUT2D eigenvalue weighted by Gasteiger charge is -2.35. The molecule has 1 fully saturated rings. The molecular weight excluding hydrogens is 376 g/mol. The van der Waals surface area contributed by atoms with Crippen LogP contribution in [0.4, 0.5) is 0 Å². The molecule has 1 aromatic carbocycles. The number of hydrogen-bond acceptors (Lipinski definition) is 4. The second-order valence-corrected chi connectivity index (χ2v) is 8.92. The minimum absolute atomic E-state index is 0.0107. The number of aryl methyl sites for hydroxylation is 2. The van der Waals surface area contributed by atoms with Crippen molar-refractivity contribution in [2.75, 3.05) is 13.1 Å². The molecule has 0 spiro atoms. The summed E-state index contributed by atoms with van der Waals surface area (Å²) in [5.41, 5.74) is 3.05. The van der Waals surface area contributed by atoms with Crippen LogP contribution in [0.2, 0.25) is 0 Å². The number of Topliss-reactive ketones (excluding diaryl/α,β-unsaturated/α-hetero) is 1. The molecule has 1 amide bonds. The summed E-state index contributed by atoms with van der Waals surface area (Å²) in [5.74, 6) is 2.74. The Morgan fingerprint density at radius 3 is 2.43 bits per heavy atom. The summed E-state index contributed by atoms with van der Waals surface area (Å²) in [6, 6.07) is 10.1. The molecule has 162 valence electrons. The van der Waals surface area contributed by atoms with E-state index in [9.17, 15) is 9.59 Å². The van der Waals surface area contributed by atoms with Crippen molar-refractivity contribution in [2.24, 2.45) is 11.8 Å². The molecule has 2 aromatic rings. The van der Waals surface area contributed by atoms with Gasteiger partial charge in [0.15, 0.2) is 5.78 Å². The summed E-state index contributed by atoms with van der Waals surface area (Å²) in [4.78, 5) is 26.5.